The number of thioether (sulfide) groups is 1. The number of nitrogens with zero attached hydrogens (tertiary/aromatic N) is 1. The van der Waals surface area contributed by atoms with Crippen LogP contribution in [-0.2, 0) is 4.79 Å². The van der Waals surface area contributed by atoms with Crippen LogP contribution in [0.4, 0.5) is 4.79 Å². The quantitative estimate of drug-likeness (QED) is 0.485. The van der Waals surface area contributed by atoms with Gasteiger partial charge in [0.1, 0.15) is 5.75 Å². The van der Waals surface area contributed by atoms with E-state index in [2.05, 4.69) is 26.8 Å². The van der Waals surface area contributed by atoms with Gasteiger partial charge in [-0.3, -0.25) is 14.5 Å². The predicted octanol–water partition coefficient (Wildman–Crippen LogP) is 5.35. The fourth-order valence-electron chi connectivity index (χ4n) is 2.85. The van der Waals surface area contributed by atoms with E-state index < -0.39 is 0 Å². The van der Waals surface area contributed by atoms with Crippen LogP contribution in [0.5, 0.6) is 5.75 Å². The molecule has 0 saturated carbocycles. The maximum atomic E-state index is 12.6. The van der Waals surface area contributed by atoms with Crippen LogP contribution in [-0.4, -0.2) is 29.7 Å². The molecule has 136 valence electrons. The number of carbonyl (C=O) groups excluding carboxylic acids is 2. The number of hydrogen-bond acceptors (Lipinski definition) is 4. The Morgan fingerprint density at radius 3 is 2.56 bits per heavy atom. The minimum absolute atomic E-state index is 0.164. The lowest BCUT2D eigenvalue weighted by Crippen LogP contribution is -2.29. The van der Waals surface area contributed by atoms with Gasteiger partial charge in [0.25, 0.3) is 11.1 Å². The van der Waals surface area contributed by atoms with Gasteiger partial charge in [-0.15, -0.1) is 0 Å². The summed E-state index contributed by atoms with van der Waals surface area (Å²) in [6.07, 6.45) is 4.79. The number of imide groups is 1. The summed E-state index contributed by atoms with van der Waals surface area (Å²) in [6, 6.07) is 4.05. The Hall–Kier alpha value is -1.75. The van der Waals surface area contributed by atoms with Gasteiger partial charge >= 0.3 is 0 Å². The second-order valence-corrected chi connectivity index (χ2v) is 7.64. The van der Waals surface area contributed by atoms with Crippen LogP contribution in [0, 0.1) is 6.92 Å². The molecule has 0 atom stereocenters. The summed E-state index contributed by atoms with van der Waals surface area (Å²) in [5.41, 5.74) is 3.09. The highest BCUT2D eigenvalue weighted by atomic mass is 32.2. The van der Waals surface area contributed by atoms with E-state index in [-0.39, 0.29) is 11.1 Å². The molecule has 2 amide bonds. The first-order chi connectivity index (χ1) is 11.9. The maximum absolute atomic E-state index is 12.6. The Bertz CT molecular complexity index is 694. The molecule has 0 unspecified atom stereocenters. The van der Waals surface area contributed by atoms with Gasteiger partial charge in [0.2, 0.25) is 0 Å². The van der Waals surface area contributed by atoms with Gasteiger partial charge in [-0.2, -0.15) is 0 Å². The molecule has 25 heavy (non-hydrogen) atoms. The third kappa shape index (κ3) is 4.46. The molecule has 1 heterocycles. The van der Waals surface area contributed by atoms with Crippen LogP contribution < -0.4 is 4.74 Å². The van der Waals surface area contributed by atoms with E-state index in [0.29, 0.717) is 17.4 Å². The van der Waals surface area contributed by atoms with Gasteiger partial charge in [-0.05, 0) is 65.9 Å². The minimum Gasteiger partial charge on any atom is -0.496 e. The number of amides is 2. The third-order valence-corrected chi connectivity index (χ3v) is 5.29. The molecule has 1 aliphatic rings. The summed E-state index contributed by atoms with van der Waals surface area (Å²) in [4.78, 5) is 26.6. The maximum Gasteiger partial charge on any atom is 0.293 e. The van der Waals surface area contributed by atoms with Crippen LogP contribution >= 0.6 is 11.8 Å². The summed E-state index contributed by atoms with van der Waals surface area (Å²) < 4.78 is 5.47. The summed E-state index contributed by atoms with van der Waals surface area (Å²) in [7, 11) is 1.67. The number of rotatable bonds is 7. The van der Waals surface area contributed by atoms with Crippen molar-refractivity contribution in [3.63, 3.8) is 0 Å². The van der Waals surface area contributed by atoms with Crippen molar-refractivity contribution in [2.45, 2.75) is 52.9 Å². The molecule has 1 aliphatic heterocycles. The van der Waals surface area contributed by atoms with E-state index in [1.54, 1.807) is 7.11 Å². The highest BCUT2D eigenvalue weighted by Gasteiger charge is 2.34. The van der Waals surface area contributed by atoms with Crippen molar-refractivity contribution in [1.82, 2.24) is 4.90 Å². The van der Waals surface area contributed by atoms with Crippen LogP contribution in [0.1, 0.15) is 62.6 Å². The molecule has 0 aliphatic carbocycles. The van der Waals surface area contributed by atoms with Crippen LogP contribution in [0.15, 0.2) is 17.0 Å². The van der Waals surface area contributed by atoms with E-state index in [1.165, 1.54) is 4.90 Å². The zero-order chi connectivity index (χ0) is 18.6. The van der Waals surface area contributed by atoms with Crippen molar-refractivity contribution < 1.29 is 14.3 Å². The van der Waals surface area contributed by atoms with Crippen LogP contribution in [0.2, 0.25) is 0 Å². The molecule has 1 aromatic rings. The van der Waals surface area contributed by atoms with Crippen molar-refractivity contribution in [2.75, 3.05) is 13.7 Å². The molecule has 2 rings (SSSR count). The summed E-state index contributed by atoms with van der Waals surface area (Å²) >= 11 is 1.03. The molecule has 1 aromatic carbocycles. The fourth-order valence-corrected chi connectivity index (χ4v) is 3.71. The number of methoxy groups -OCH3 is 1. The molecule has 4 nitrogen and oxygen atoms in total. The average molecular weight is 362 g/mol. The first kappa shape index (κ1) is 19.6. The number of unbranched alkanes of at least 4 members (excludes halogenated alkanes) is 2. The first-order valence-corrected chi connectivity index (χ1v) is 9.64. The van der Waals surface area contributed by atoms with Crippen LogP contribution in [0.3, 0.4) is 0 Å². The smallest absolute Gasteiger partial charge is 0.293 e. The van der Waals surface area contributed by atoms with Crippen molar-refractivity contribution in [1.29, 1.82) is 0 Å². The zero-order valence-electron chi connectivity index (χ0n) is 15.7. The Balaban J connectivity index is 2.30. The SMILES string of the molecule is CCCCCN1C(=O)S/C(=C\c2cc(C(C)C)c(OC)cc2C)C1=O. The number of carbonyl (C=O) groups is 2. The molecule has 0 spiro atoms. The van der Waals surface area contributed by atoms with E-state index in [1.807, 2.05) is 19.1 Å². The molecule has 1 fully saturated rings. The van der Waals surface area contributed by atoms with E-state index in [4.69, 9.17) is 4.74 Å². The Labute approximate surface area is 154 Å². The van der Waals surface area contributed by atoms with Gasteiger partial charge in [0.15, 0.2) is 0 Å². The highest BCUT2D eigenvalue weighted by molar-refractivity contribution is 8.18. The lowest BCUT2D eigenvalue weighted by Gasteiger charge is -2.15. The molecular weight excluding hydrogens is 334 g/mol. The molecule has 5 heteroatoms. The molecule has 0 N–H and O–H groups in total. The third-order valence-electron chi connectivity index (χ3n) is 4.39. The van der Waals surface area contributed by atoms with E-state index >= 15 is 0 Å². The summed E-state index contributed by atoms with van der Waals surface area (Å²) in [6.45, 7) is 8.82. The number of aryl methyl sites for hydroxylation is 1. The zero-order valence-corrected chi connectivity index (χ0v) is 16.5. The number of benzene rings is 1. The Kier molecular flexibility index (Phi) is 6.71. The Morgan fingerprint density at radius 2 is 1.96 bits per heavy atom. The second-order valence-electron chi connectivity index (χ2n) is 6.65. The lowest BCUT2D eigenvalue weighted by molar-refractivity contribution is -0.122. The monoisotopic (exact) mass is 361 g/mol. The van der Waals surface area contributed by atoms with E-state index in [0.717, 1.165) is 53.5 Å². The fraction of sp³-hybridized carbons (Fsp3) is 0.500. The lowest BCUT2D eigenvalue weighted by atomic mass is 9.96. The first-order valence-electron chi connectivity index (χ1n) is 8.82. The normalized spacial score (nSPS) is 16.4. The van der Waals surface area contributed by atoms with Crippen molar-refractivity contribution in [3.05, 3.63) is 33.7 Å². The van der Waals surface area contributed by atoms with Gasteiger partial charge in [-0.25, -0.2) is 0 Å². The molecule has 1 saturated heterocycles. The topological polar surface area (TPSA) is 46.6 Å². The average Bonchev–Trinajstić information content (AvgIpc) is 2.83. The van der Waals surface area contributed by atoms with Crippen molar-refractivity contribution >= 4 is 29.0 Å². The standard InChI is InChI=1S/C20H27NO3S/c1-6-7-8-9-21-19(22)18(25-20(21)23)12-15-11-16(13(2)3)17(24-5)10-14(15)4/h10-13H,6-9H2,1-5H3/b18-12-. The summed E-state index contributed by atoms with van der Waals surface area (Å²) in [5.74, 6) is 0.997. The molecule has 0 radical (unpaired) electrons. The van der Waals surface area contributed by atoms with Gasteiger partial charge < -0.3 is 4.74 Å². The predicted molar refractivity (Wildman–Crippen MR) is 104 cm³/mol. The summed E-state index contributed by atoms with van der Waals surface area (Å²) in [5, 5.41) is -0.164. The minimum atomic E-state index is -0.174. The largest absolute Gasteiger partial charge is 0.496 e. The van der Waals surface area contributed by atoms with Gasteiger partial charge in [0, 0.05) is 6.54 Å². The highest BCUT2D eigenvalue weighted by Crippen LogP contribution is 2.35. The number of hydrogen-bond donors (Lipinski definition) is 0. The van der Waals surface area contributed by atoms with Crippen molar-refractivity contribution in [3.8, 4) is 5.75 Å². The molecule has 0 bridgehead atoms. The van der Waals surface area contributed by atoms with Crippen LogP contribution in [0.25, 0.3) is 6.08 Å². The second kappa shape index (κ2) is 8.56. The molecular formula is C20H27NO3S. The van der Waals surface area contributed by atoms with Crippen molar-refractivity contribution in [2.24, 2.45) is 0 Å². The number of ether oxygens (including phenoxy) is 1. The Morgan fingerprint density at radius 1 is 1.24 bits per heavy atom. The van der Waals surface area contributed by atoms with E-state index in [9.17, 15) is 9.59 Å². The van der Waals surface area contributed by atoms with Gasteiger partial charge in [-0.1, -0.05) is 33.6 Å². The van der Waals surface area contributed by atoms with Gasteiger partial charge in [0.05, 0.1) is 12.0 Å². The molecule has 0 aromatic heterocycles.